The molecule has 1 aliphatic rings. The molecule has 4 aromatic rings. The number of furan rings is 1. The molecule has 0 fully saturated rings. The third-order valence-corrected chi connectivity index (χ3v) is 4.82. The molecule has 0 aliphatic carbocycles. The summed E-state index contributed by atoms with van der Waals surface area (Å²) < 4.78 is 8.20. The van der Waals surface area contributed by atoms with Crippen molar-refractivity contribution >= 4 is 40.1 Å². The number of nitrogens with zero attached hydrogens (tertiary/aromatic N) is 5. The van der Waals surface area contributed by atoms with E-state index in [1.54, 1.807) is 6.20 Å². The first-order valence-electron chi connectivity index (χ1n) is 8.87. The summed E-state index contributed by atoms with van der Waals surface area (Å²) in [5.74, 6) is 3.32. The van der Waals surface area contributed by atoms with Crippen molar-refractivity contribution in [3.05, 3.63) is 66.1 Å². The van der Waals surface area contributed by atoms with Crippen molar-refractivity contribution in [2.24, 2.45) is 22.0 Å². The van der Waals surface area contributed by atoms with Gasteiger partial charge in [0.25, 0.3) is 0 Å². The zero-order valence-corrected chi connectivity index (χ0v) is 15.4. The van der Waals surface area contributed by atoms with Crippen molar-refractivity contribution in [1.82, 2.24) is 4.98 Å². The van der Waals surface area contributed by atoms with Gasteiger partial charge in [-0.05, 0) is 30.7 Å². The van der Waals surface area contributed by atoms with E-state index in [1.807, 2.05) is 31.4 Å². The quantitative estimate of drug-likeness (QED) is 0.507. The minimum absolute atomic E-state index is 0.572. The van der Waals surface area contributed by atoms with Gasteiger partial charge in [0.15, 0.2) is 17.6 Å². The number of amidine groups is 1. The Kier molecular flexibility index (Phi) is 3.71. The predicted molar refractivity (Wildman–Crippen MR) is 110 cm³/mol. The lowest BCUT2D eigenvalue weighted by molar-refractivity contribution is -0.660. The second kappa shape index (κ2) is 6.37. The van der Waals surface area contributed by atoms with Crippen LogP contribution in [-0.4, -0.2) is 23.0 Å². The number of hydrogen-bond acceptors (Lipinski definition) is 5. The Morgan fingerprint density at radius 3 is 2.89 bits per heavy atom. The molecule has 4 heterocycles. The summed E-state index contributed by atoms with van der Waals surface area (Å²) in [6.07, 6.45) is 6.71. The summed E-state index contributed by atoms with van der Waals surface area (Å²) in [6, 6.07) is 12.2. The fourth-order valence-electron chi connectivity index (χ4n) is 3.50. The van der Waals surface area contributed by atoms with Crippen molar-refractivity contribution < 1.29 is 8.98 Å². The molecule has 1 aromatic carbocycles. The lowest BCUT2D eigenvalue weighted by Gasteiger charge is -2.06. The van der Waals surface area contributed by atoms with Crippen molar-refractivity contribution in [3.63, 3.8) is 0 Å². The molecular weight excluding hydrogens is 350 g/mol. The van der Waals surface area contributed by atoms with Gasteiger partial charge in [-0.3, -0.25) is 0 Å². The Bertz CT molecular complexity index is 1370. The largest absolute Gasteiger partial charge is 0.437 e. The van der Waals surface area contributed by atoms with Crippen LogP contribution in [0.25, 0.3) is 33.3 Å². The number of fused-ring (bicyclic) bond motifs is 3. The molecule has 6 heteroatoms. The van der Waals surface area contributed by atoms with Crippen LogP contribution in [0.3, 0.4) is 0 Å². The predicted octanol–water partition coefficient (Wildman–Crippen LogP) is 3.75. The number of hydrogen-bond donors (Lipinski definition) is 0. The number of pyridine rings is 2. The molecule has 28 heavy (non-hydrogen) atoms. The molecule has 0 atom stereocenters. The molecule has 3 aromatic heterocycles. The Labute approximate surface area is 160 Å². The molecule has 134 valence electrons. The van der Waals surface area contributed by atoms with Crippen LogP contribution in [0.15, 0.2) is 74.4 Å². The van der Waals surface area contributed by atoms with Crippen LogP contribution < -0.4 is 4.57 Å². The minimum Gasteiger partial charge on any atom is -0.437 e. The second-order valence-corrected chi connectivity index (χ2v) is 6.59. The summed E-state index contributed by atoms with van der Waals surface area (Å²) in [7, 11) is 2.00. The van der Waals surface area contributed by atoms with Crippen LogP contribution in [0.4, 0.5) is 0 Å². The minimum atomic E-state index is 0.572. The average molecular weight is 366 g/mol. The van der Waals surface area contributed by atoms with E-state index in [2.05, 4.69) is 55.5 Å². The SMILES string of the molecule is Cc1ccc2c(oc3ncccc32)c1-c1ccc(C2=NC=NC=C=N2)c[n+]1C. The lowest BCUT2D eigenvalue weighted by Crippen LogP contribution is -2.32. The lowest BCUT2D eigenvalue weighted by atomic mass is 10.0. The van der Waals surface area contributed by atoms with Crippen molar-refractivity contribution in [1.29, 1.82) is 0 Å². The Balaban J connectivity index is 1.72. The smallest absolute Gasteiger partial charge is 0.227 e. The zero-order chi connectivity index (χ0) is 19.1. The molecule has 0 unspecified atom stereocenters. The van der Waals surface area contributed by atoms with Gasteiger partial charge in [0.05, 0.1) is 17.3 Å². The van der Waals surface area contributed by atoms with E-state index in [0.717, 1.165) is 38.7 Å². The first-order valence-corrected chi connectivity index (χ1v) is 8.87. The highest BCUT2D eigenvalue weighted by atomic mass is 16.3. The Morgan fingerprint density at radius 1 is 1.07 bits per heavy atom. The molecule has 1 aliphatic heterocycles. The number of aryl methyl sites for hydroxylation is 2. The molecule has 5 rings (SSSR count). The third-order valence-electron chi connectivity index (χ3n) is 4.82. The summed E-state index contributed by atoms with van der Waals surface area (Å²) in [4.78, 5) is 16.8. The van der Waals surface area contributed by atoms with E-state index in [4.69, 9.17) is 4.42 Å². The second-order valence-electron chi connectivity index (χ2n) is 6.59. The number of aromatic nitrogens is 2. The van der Waals surface area contributed by atoms with Crippen LogP contribution in [0.1, 0.15) is 11.1 Å². The zero-order valence-electron chi connectivity index (χ0n) is 15.4. The molecule has 6 nitrogen and oxygen atoms in total. The molecule has 0 radical (unpaired) electrons. The van der Waals surface area contributed by atoms with E-state index in [0.29, 0.717) is 11.5 Å². The normalized spacial score (nSPS) is 13.3. The highest BCUT2D eigenvalue weighted by molar-refractivity contribution is 6.09. The van der Waals surface area contributed by atoms with Gasteiger partial charge in [0.2, 0.25) is 11.4 Å². The third kappa shape index (κ3) is 2.55. The van der Waals surface area contributed by atoms with Crippen LogP contribution in [0, 0.1) is 6.92 Å². The summed E-state index contributed by atoms with van der Waals surface area (Å²) in [5, 5.41) is 2.08. The van der Waals surface area contributed by atoms with Crippen molar-refractivity contribution in [2.45, 2.75) is 6.92 Å². The summed E-state index contributed by atoms with van der Waals surface area (Å²) in [6.45, 7) is 2.09. The summed E-state index contributed by atoms with van der Waals surface area (Å²) >= 11 is 0. The fourth-order valence-corrected chi connectivity index (χ4v) is 3.50. The molecule has 0 bridgehead atoms. The first kappa shape index (κ1) is 16.3. The van der Waals surface area contributed by atoms with E-state index in [9.17, 15) is 0 Å². The van der Waals surface area contributed by atoms with Crippen LogP contribution in [0.5, 0.6) is 0 Å². The summed E-state index contributed by atoms with van der Waals surface area (Å²) in [5.41, 5.74) is 5.60. The number of benzene rings is 1. The van der Waals surface area contributed by atoms with Gasteiger partial charge < -0.3 is 4.42 Å². The van der Waals surface area contributed by atoms with Crippen LogP contribution in [-0.2, 0) is 7.05 Å². The first-order chi connectivity index (χ1) is 13.7. The van der Waals surface area contributed by atoms with Gasteiger partial charge in [-0.15, -0.1) is 0 Å². The van der Waals surface area contributed by atoms with E-state index in [1.165, 1.54) is 12.5 Å². The van der Waals surface area contributed by atoms with Gasteiger partial charge in [-0.1, -0.05) is 12.1 Å². The van der Waals surface area contributed by atoms with Crippen molar-refractivity contribution in [3.8, 4) is 11.3 Å². The monoisotopic (exact) mass is 366 g/mol. The van der Waals surface area contributed by atoms with Gasteiger partial charge in [0.1, 0.15) is 13.4 Å². The molecule has 0 N–H and O–H groups in total. The van der Waals surface area contributed by atoms with Gasteiger partial charge in [-0.25, -0.2) is 19.5 Å². The number of aliphatic imine (C=N–C) groups is 3. The van der Waals surface area contributed by atoms with Crippen molar-refractivity contribution in [2.75, 3.05) is 0 Å². The Hall–Kier alpha value is -3.89. The maximum atomic E-state index is 6.14. The maximum Gasteiger partial charge on any atom is 0.227 e. The van der Waals surface area contributed by atoms with Gasteiger partial charge in [0, 0.05) is 28.9 Å². The average Bonchev–Trinajstić information content (AvgIpc) is 2.87. The highest BCUT2D eigenvalue weighted by Gasteiger charge is 2.21. The molecule has 0 saturated carbocycles. The van der Waals surface area contributed by atoms with E-state index < -0.39 is 0 Å². The van der Waals surface area contributed by atoms with Gasteiger partial charge in [-0.2, -0.15) is 4.99 Å². The van der Waals surface area contributed by atoms with Gasteiger partial charge >= 0.3 is 0 Å². The van der Waals surface area contributed by atoms with E-state index >= 15 is 0 Å². The number of rotatable bonds is 2. The fraction of sp³-hybridized carbons (Fsp3) is 0.0909. The molecule has 0 spiro atoms. The molecule has 0 amide bonds. The topological polar surface area (TPSA) is 67.0 Å². The van der Waals surface area contributed by atoms with Crippen LogP contribution >= 0.6 is 0 Å². The highest BCUT2D eigenvalue weighted by Crippen LogP contribution is 2.35. The molecule has 0 saturated heterocycles. The standard InChI is InChI=1S/C22H16N5O/c1-14-5-7-16-17-4-3-9-25-22(17)28-20(16)19(14)18-8-6-15(12-27(18)2)21-24-11-10-23-13-26-21/h3-10,12-13H,1-2H3/q+1. The van der Waals surface area contributed by atoms with E-state index in [-0.39, 0.29) is 0 Å². The maximum absolute atomic E-state index is 6.14. The Morgan fingerprint density at radius 2 is 2.00 bits per heavy atom. The van der Waals surface area contributed by atoms with Crippen LogP contribution in [0.2, 0.25) is 0 Å². The molecular formula is C22H16N5O+.